The van der Waals surface area contributed by atoms with E-state index in [0.717, 1.165) is 11.1 Å². The van der Waals surface area contributed by atoms with Crippen LogP contribution in [0.1, 0.15) is 33.3 Å². The number of carbonyl (C=O) groups excluding carboxylic acids is 2. The molecule has 0 saturated carbocycles. The summed E-state index contributed by atoms with van der Waals surface area (Å²) in [6.45, 7) is 5.52. The van der Waals surface area contributed by atoms with Crippen molar-refractivity contribution in [2.24, 2.45) is 0 Å². The maximum atomic E-state index is 13.1. The molecule has 158 valence electrons. The average Bonchev–Trinajstić information content (AvgIpc) is 3.30. The molecule has 1 aliphatic heterocycles. The smallest absolute Gasteiger partial charge is 0.301 e. The number of rotatable bonds is 4. The molecule has 1 N–H and O–H groups in total. The van der Waals surface area contributed by atoms with Crippen molar-refractivity contribution < 1.29 is 19.4 Å². The summed E-state index contributed by atoms with van der Waals surface area (Å²) in [6, 6.07) is 11.8. The van der Waals surface area contributed by atoms with Crippen LogP contribution in [0.5, 0.6) is 5.75 Å². The molecular formula is C23H21N3O4S. The van der Waals surface area contributed by atoms with E-state index in [1.807, 2.05) is 26.0 Å². The van der Waals surface area contributed by atoms with E-state index < -0.39 is 17.7 Å². The van der Waals surface area contributed by atoms with Crippen LogP contribution in [0.2, 0.25) is 0 Å². The number of benzene rings is 2. The third-order valence-electron chi connectivity index (χ3n) is 5.25. The number of hydrogen-bond acceptors (Lipinski definition) is 7. The fourth-order valence-electron chi connectivity index (χ4n) is 3.65. The summed E-state index contributed by atoms with van der Waals surface area (Å²) in [7, 11) is 1.56. The van der Waals surface area contributed by atoms with Gasteiger partial charge in [-0.3, -0.25) is 14.5 Å². The number of aliphatic hydroxyl groups is 1. The summed E-state index contributed by atoms with van der Waals surface area (Å²) in [5.74, 6) is -1.07. The number of aryl methyl sites for hydroxylation is 3. The molecule has 0 aliphatic carbocycles. The monoisotopic (exact) mass is 435 g/mol. The molecule has 1 unspecified atom stereocenters. The van der Waals surface area contributed by atoms with Gasteiger partial charge in [0, 0.05) is 5.56 Å². The predicted octanol–water partition coefficient (Wildman–Crippen LogP) is 4.10. The highest BCUT2D eigenvalue weighted by Gasteiger charge is 2.48. The highest BCUT2D eigenvalue weighted by molar-refractivity contribution is 7.15. The van der Waals surface area contributed by atoms with E-state index in [9.17, 15) is 14.7 Å². The van der Waals surface area contributed by atoms with Gasteiger partial charge in [-0.15, -0.1) is 10.2 Å². The van der Waals surface area contributed by atoms with E-state index in [1.54, 1.807) is 44.4 Å². The molecule has 31 heavy (non-hydrogen) atoms. The molecule has 3 aromatic rings. The molecule has 2 aromatic carbocycles. The number of methoxy groups -OCH3 is 1. The quantitative estimate of drug-likeness (QED) is 0.377. The summed E-state index contributed by atoms with van der Waals surface area (Å²) >= 11 is 1.21. The normalized spacial score (nSPS) is 17.9. The molecule has 7 nitrogen and oxygen atoms in total. The lowest BCUT2D eigenvalue weighted by Crippen LogP contribution is -2.29. The number of hydrogen-bond donors (Lipinski definition) is 1. The Morgan fingerprint density at radius 1 is 1.06 bits per heavy atom. The van der Waals surface area contributed by atoms with Crippen molar-refractivity contribution in [3.05, 3.63) is 75.3 Å². The van der Waals surface area contributed by atoms with Gasteiger partial charge in [0.1, 0.15) is 16.5 Å². The fourth-order valence-corrected chi connectivity index (χ4v) is 4.37. The number of aliphatic hydroxyl groups excluding tert-OH is 1. The van der Waals surface area contributed by atoms with E-state index >= 15 is 0 Å². The van der Waals surface area contributed by atoms with E-state index in [4.69, 9.17) is 4.74 Å². The average molecular weight is 436 g/mol. The zero-order valence-electron chi connectivity index (χ0n) is 17.5. The predicted molar refractivity (Wildman–Crippen MR) is 118 cm³/mol. The van der Waals surface area contributed by atoms with Crippen LogP contribution >= 0.6 is 11.3 Å². The van der Waals surface area contributed by atoms with Crippen LogP contribution in [-0.2, 0) is 9.59 Å². The Hall–Kier alpha value is -3.52. The van der Waals surface area contributed by atoms with Crippen LogP contribution in [0, 0.1) is 20.8 Å². The van der Waals surface area contributed by atoms with Crippen LogP contribution in [0.3, 0.4) is 0 Å². The second kappa shape index (κ2) is 7.96. The van der Waals surface area contributed by atoms with Crippen LogP contribution in [0.15, 0.2) is 48.0 Å². The van der Waals surface area contributed by atoms with E-state index in [0.29, 0.717) is 27.0 Å². The molecule has 1 saturated heterocycles. The maximum absolute atomic E-state index is 13.1. The number of Topliss-reactive ketones (excluding diaryl/α,β-unsaturated/α-hetero) is 1. The van der Waals surface area contributed by atoms with Crippen LogP contribution in [0.4, 0.5) is 5.13 Å². The first kappa shape index (κ1) is 20.7. The van der Waals surface area contributed by atoms with Crippen molar-refractivity contribution in [1.29, 1.82) is 0 Å². The topological polar surface area (TPSA) is 92.6 Å². The highest BCUT2D eigenvalue weighted by atomic mass is 32.1. The van der Waals surface area contributed by atoms with Crippen molar-refractivity contribution in [1.82, 2.24) is 10.2 Å². The standard InChI is InChI=1S/C23H21N3O4S/c1-12-5-6-13(2)17(11-12)20(27)18-19(15-7-9-16(30-4)10-8-15)26(22(29)21(18)28)23-25-24-14(3)31-23/h5-11,19,27H,1-4H3. The Kier molecular flexibility index (Phi) is 5.32. The number of ketones is 1. The number of anilines is 1. The second-order valence-corrected chi connectivity index (χ2v) is 8.52. The highest BCUT2D eigenvalue weighted by Crippen LogP contribution is 2.43. The molecule has 1 amide bonds. The number of amides is 1. The SMILES string of the molecule is COc1ccc(C2C(=C(O)c3cc(C)ccc3C)C(=O)C(=O)N2c2nnc(C)s2)cc1. The van der Waals surface area contributed by atoms with Crippen LogP contribution in [-0.4, -0.2) is 34.1 Å². The van der Waals surface area contributed by atoms with Gasteiger partial charge in [-0.1, -0.05) is 41.2 Å². The van der Waals surface area contributed by atoms with Gasteiger partial charge in [0.05, 0.1) is 18.7 Å². The molecule has 8 heteroatoms. The molecular weight excluding hydrogens is 414 g/mol. The molecule has 0 spiro atoms. The van der Waals surface area contributed by atoms with E-state index in [2.05, 4.69) is 10.2 Å². The number of ether oxygens (including phenoxy) is 1. The number of aromatic nitrogens is 2. The molecule has 1 aliphatic rings. The molecule has 1 atom stereocenters. The minimum absolute atomic E-state index is 0.0247. The minimum atomic E-state index is -0.835. The van der Waals surface area contributed by atoms with Crippen molar-refractivity contribution in [2.45, 2.75) is 26.8 Å². The Balaban J connectivity index is 1.96. The molecule has 4 rings (SSSR count). The van der Waals surface area contributed by atoms with E-state index in [1.165, 1.54) is 16.2 Å². The zero-order chi connectivity index (χ0) is 22.3. The number of nitrogens with zero attached hydrogens (tertiary/aromatic N) is 3. The number of carbonyl (C=O) groups is 2. The Morgan fingerprint density at radius 3 is 2.39 bits per heavy atom. The molecule has 2 heterocycles. The molecule has 0 bridgehead atoms. The first-order chi connectivity index (χ1) is 14.8. The summed E-state index contributed by atoms with van der Waals surface area (Å²) < 4.78 is 5.23. The van der Waals surface area contributed by atoms with Crippen LogP contribution < -0.4 is 9.64 Å². The lowest BCUT2D eigenvalue weighted by molar-refractivity contribution is -0.132. The third kappa shape index (κ3) is 3.59. The maximum Gasteiger partial charge on any atom is 0.301 e. The summed E-state index contributed by atoms with van der Waals surface area (Å²) in [5, 5.41) is 20.3. The summed E-state index contributed by atoms with van der Waals surface area (Å²) in [4.78, 5) is 27.5. The summed E-state index contributed by atoms with van der Waals surface area (Å²) in [6.07, 6.45) is 0. The van der Waals surface area contributed by atoms with Crippen LogP contribution in [0.25, 0.3) is 5.76 Å². The van der Waals surface area contributed by atoms with Gasteiger partial charge in [0.2, 0.25) is 5.13 Å². The second-order valence-electron chi connectivity index (χ2n) is 7.36. The first-order valence-corrected chi connectivity index (χ1v) is 10.5. The van der Waals surface area contributed by atoms with Crippen molar-refractivity contribution >= 4 is 33.9 Å². The van der Waals surface area contributed by atoms with Crippen molar-refractivity contribution in [3.63, 3.8) is 0 Å². The van der Waals surface area contributed by atoms with Crippen molar-refractivity contribution in [2.75, 3.05) is 12.0 Å². The van der Waals surface area contributed by atoms with Gasteiger partial charge in [-0.25, -0.2) is 0 Å². The largest absolute Gasteiger partial charge is 0.507 e. The fraction of sp³-hybridized carbons (Fsp3) is 0.217. The van der Waals surface area contributed by atoms with Crippen molar-refractivity contribution in [3.8, 4) is 5.75 Å². The summed E-state index contributed by atoms with van der Waals surface area (Å²) in [5.41, 5.74) is 2.93. The lowest BCUT2D eigenvalue weighted by atomic mass is 9.93. The van der Waals surface area contributed by atoms with Gasteiger partial charge in [0.25, 0.3) is 5.78 Å². The zero-order valence-corrected chi connectivity index (χ0v) is 18.4. The van der Waals surface area contributed by atoms with Gasteiger partial charge in [-0.2, -0.15) is 0 Å². The minimum Gasteiger partial charge on any atom is -0.507 e. The first-order valence-electron chi connectivity index (χ1n) is 9.64. The lowest BCUT2D eigenvalue weighted by Gasteiger charge is -2.23. The molecule has 0 radical (unpaired) electrons. The van der Waals surface area contributed by atoms with Gasteiger partial charge < -0.3 is 9.84 Å². The Labute approximate surface area is 183 Å². The Bertz CT molecular complexity index is 1210. The third-order valence-corrected chi connectivity index (χ3v) is 6.08. The molecule has 1 fully saturated rings. The van der Waals surface area contributed by atoms with Gasteiger partial charge in [-0.05, 0) is 50.1 Å². The van der Waals surface area contributed by atoms with Gasteiger partial charge >= 0.3 is 5.91 Å². The van der Waals surface area contributed by atoms with E-state index in [-0.39, 0.29) is 11.3 Å². The van der Waals surface area contributed by atoms with Gasteiger partial charge in [0.15, 0.2) is 0 Å². The Morgan fingerprint density at radius 2 is 1.77 bits per heavy atom. The molecule has 1 aromatic heterocycles.